The lowest BCUT2D eigenvalue weighted by molar-refractivity contribution is -0.153. The van der Waals surface area contributed by atoms with Gasteiger partial charge in [-0.15, -0.1) is 0 Å². The number of hydrogen-bond acceptors (Lipinski definition) is 9. The number of benzene rings is 2. The molecule has 0 spiro atoms. The number of amides is 5. The molecule has 0 aromatic heterocycles. The van der Waals surface area contributed by atoms with Crippen LogP contribution in [0.25, 0.3) is 0 Å². The van der Waals surface area contributed by atoms with E-state index < -0.39 is 65.3 Å². The van der Waals surface area contributed by atoms with E-state index in [1.165, 1.54) is 17.0 Å². The number of rotatable bonds is 6. The maximum absolute atomic E-state index is 13.5. The van der Waals surface area contributed by atoms with Crippen molar-refractivity contribution in [1.29, 1.82) is 0 Å². The van der Waals surface area contributed by atoms with Gasteiger partial charge in [0.25, 0.3) is 0 Å². The second-order valence-electron chi connectivity index (χ2n) is 8.99. The Labute approximate surface area is 232 Å². The number of nitrogens with one attached hydrogen (secondary N) is 2. The summed E-state index contributed by atoms with van der Waals surface area (Å²) in [5.74, 6) is -6.79. The Hall–Kier alpha value is -4.50. The fourth-order valence-electron chi connectivity index (χ4n) is 4.43. The average molecular weight is 575 g/mol. The van der Waals surface area contributed by atoms with Crippen molar-refractivity contribution in [2.75, 3.05) is 19.6 Å². The Morgan fingerprint density at radius 1 is 1.15 bits per heavy atom. The number of para-hydroxylation sites is 1. The van der Waals surface area contributed by atoms with E-state index in [0.29, 0.717) is 10.5 Å². The summed E-state index contributed by atoms with van der Waals surface area (Å²) >= 11 is 6.17. The summed E-state index contributed by atoms with van der Waals surface area (Å²) < 4.78 is 5.38. The maximum Gasteiger partial charge on any atom is 0.547 e. The number of piperazine rings is 1. The summed E-state index contributed by atoms with van der Waals surface area (Å²) in [7, 11) is -1.68. The number of carboxylic acids is 1. The fraction of sp³-hybridized carbons (Fsp3) is 0.292. The van der Waals surface area contributed by atoms with E-state index in [-0.39, 0.29) is 42.9 Å². The predicted molar refractivity (Wildman–Crippen MR) is 138 cm³/mol. The summed E-state index contributed by atoms with van der Waals surface area (Å²) in [6.07, 6.45) is -0.0510. The molecular formula is C24H24BClN4O10. The minimum absolute atomic E-state index is 0.0510. The quantitative estimate of drug-likeness (QED) is 0.155. The van der Waals surface area contributed by atoms with Crippen molar-refractivity contribution < 1.29 is 49.0 Å². The van der Waals surface area contributed by atoms with Crippen LogP contribution in [0.4, 0.5) is 4.79 Å². The van der Waals surface area contributed by atoms with Crippen molar-refractivity contribution in [2.45, 2.75) is 25.3 Å². The van der Waals surface area contributed by atoms with Gasteiger partial charge in [0.15, 0.2) is 11.5 Å². The molecule has 0 bridgehead atoms. The number of likely N-dealkylation sites (N-methyl/N-ethyl adjacent to an activating group) is 1. The number of fused-ring (bicyclic) bond motifs is 1. The molecule has 210 valence electrons. The highest BCUT2D eigenvalue weighted by Crippen LogP contribution is 2.38. The normalized spacial score (nSPS) is 17.6. The molecule has 2 atom stereocenters. The highest BCUT2D eigenvalue weighted by molar-refractivity contribution is 6.47. The topological polar surface area (TPSA) is 206 Å². The minimum Gasteiger partial charge on any atom is -0.534 e. The molecule has 2 heterocycles. The molecule has 2 aromatic carbocycles. The first-order valence-corrected chi connectivity index (χ1v) is 12.4. The Morgan fingerprint density at radius 3 is 2.55 bits per heavy atom. The van der Waals surface area contributed by atoms with Crippen molar-refractivity contribution in [3.8, 4) is 17.2 Å². The van der Waals surface area contributed by atoms with Crippen LogP contribution in [0.15, 0.2) is 30.3 Å². The number of nitrogens with zero attached hydrogens (tertiary/aromatic N) is 2. The molecule has 0 saturated carbocycles. The number of phenols is 2. The van der Waals surface area contributed by atoms with Crippen molar-refractivity contribution in [3.05, 3.63) is 52.0 Å². The zero-order valence-electron chi connectivity index (χ0n) is 21.0. The zero-order chi connectivity index (χ0) is 29.3. The number of aromatic carboxylic acids is 1. The van der Waals surface area contributed by atoms with Gasteiger partial charge in [-0.2, -0.15) is 0 Å². The Balaban J connectivity index is 1.61. The standard InChI is InChI=1S/C24H24BClN4O10/c1-2-29-8-9-30(22(35)21(29)34)24(38)28-17(12-6-7-14(31)18(32)16(12)26)20(33)27-15-10-11-4-3-5-13(23(36)37)19(11)40-25(15)39/h3-7,15,17,31-32,39H,2,8-10H2,1H3,(H,27,33)(H,28,38)(H,36,37). The van der Waals surface area contributed by atoms with Crippen LogP contribution in [-0.2, 0) is 20.8 Å². The molecular weight excluding hydrogens is 551 g/mol. The van der Waals surface area contributed by atoms with Crippen LogP contribution in [0.3, 0.4) is 0 Å². The summed E-state index contributed by atoms with van der Waals surface area (Å²) in [6, 6.07) is 3.73. The van der Waals surface area contributed by atoms with E-state index in [1.54, 1.807) is 13.0 Å². The van der Waals surface area contributed by atoms with Crippen LogP contribution in [0.2, 0.25) is 5.02 Å². The summed E-state index contributed by atoms with van der Waals surface area (Å²) in [6.45, 7) is 1.86. The van der Waals surface area contributed by atoms with Gasteiger partial charge in [0.1, 0.15) is 11.8 Å². The van der Waals surface area contributed by atoms with Crippen LogP contribution in [0, 0.1) is 0 Å². The molecule has 40 heavy (non-hydrogen) atoms. The molecule has 0 aliphatic carbocycles. The second-order valence-corrected chi connectivity index (χ2v) is 9.37. The van der Waals surface area contributed by atoms with Gasteiger partial charge in [-0.25, -0.2) is 9.59 Å². The van der Waals surface area contributed by atoms with Gasteiger partial charge in [0.05, 0.1) is 16.5 Å². The highest BCUT2D eigenvalue weighted by atomic mass is 35.5. The first-order chi connectivity index (χ1) is 18.9. The smallest absolute Gasteiger partial charge is 0.534 e. The number of imide groups is 1. The van der Waals surface area contributed by atoms with Gasteiger partial charge >= 0.3 is 30.9 Å². The van der Waals surface area contributed by atoms with Gasteiger partial charge < -0.3 is 40.5 Å². The molecule has 0 radical (unpaired) electrons. The van der Waals surface area contributed by atoms with E-state index in [4.69, 9.17) is 16.3 Å². The lowest BCUT2D eigenvalue weighted by atomic mass is 9.72. The summed E-state index contributed by atoms with van der Waals surface area (Å²) in [5.41, 5.74) is 0.0306. The third-order valence-corrected chi connectivity index (χ3v) is 6.98. The van der Waals surface area contributed by atoms with E-state index in [0.717, 1.165) is 12.1 Å². The molecule has 14 nitrogen and oxygen atoms in total. The van der Waals surface area contributed by atoms with Gasteiger partial charge in [-0.05, 0) is 31.0 Å². The van der Waals surface area contributed by atoms with Crippen LogP contribution in [0.5, 0.6) is 17.2 Å². The molecule has 1 saturated heterocycles. The fourth-order valence-corrected chi connectivity index (χ4v) is 4.70. The zero-order valence-corrected chi connectivity index (χ0v) is 21.7. The maximum atomic E-state index is 13.5. The van der Waals surface area contributed by atoms with E-state index in [2.05, 4.69) is 10.6 Å². The van der Waals surface area contributed by atoms with Crippen LogP contribution >= 0.6 is 11.6 Å². The van der Waals surface area contributed by atoms with Crippen LogP contribution in [0.1, 0.15) is 34.5 Å². The first-order valence-electron chi connectivity index (χ1n) is 12.1. The number of halogens is 1. The monoisotopic (exact) mass is 574 g/mol. The lowest BCUT2D eigenvalue weighted by Gasteiger charge is -2.33. The highest BCUT2D eigenvalue weighted by Gasteiger charge is 2.41. The third-order valence-electron chi connectivity index (χ3n) is 6.58. The number of aromatic hydroxyl groups is 2. The van der Waals surface area contributed by atoms with Crippen molar-refractivity contribution in [1.82, 2.24) is 20.4 Å². The minimum atomic E-state index is -1.68. The van der Waals surface area contributed by atoms with E-state index >= 15 is 0 Å². The van der Waals surface area contributed by atoms with Gasteiger partial charge in [-0.1, -0.05) is 29.8 Å². The molecule has 4 rings (SSSR count). The number of phenolic OH excluding ortho intramolecular Hbond substituents is 2. The van der Waals surface area contributed by atoms with Gasteiger partial charge in [-0.3, -0.25) is 19.3 Å². The second kappa shape index (κ2) is 11.3. The summed E-state index contributed by atoms with van der Waals surface area (Å²) in [4.78, 5) is 64.8. The van der Waals surface area contributed by atoms with E-state index in [1.807, 2.05) is 0 Å². The van der Waals surface area contributed by atoms with E-state index in [9.17, 15) is 44.3 Å². The van der Waals surface area contributed by atoms with Crippen molar-refractivity contribution >= 4 is 48.4 Å². The number of carbonyl (C=O) groups excluding carboxylic acids is 4. The molecule has 16 heteroatoms. The Kier molecular flexibility index (Phi) is 8.07. The SMILES string of the molecule is CCN1CCN(C(=O)NC(C(=O)NC2Cc3cccc(C(=O)O)c3OB2O)c2ccc(O)c(O)c2Cl)C(=O)C1=O. The number of hydrogen-bond donors (Lipinski definition) is 6. The molecule has 5 amide bonds. The molecule has 2 aliphatic rings. The predicted octanol–water partition coefficient (Wildman–Crippen LogP) is 0.0304. The molecule has 6 N–H and O–H groups in total. The average Bonchev–Trinajstić information content (AvgIpc) is 2.92. The molecule has 2 aliphatic heterocycles. The lowest BCUT2D eigenvalue weighted by Crippen LogP contribution is -2.60. The van der Waals surface area contributed by atoms with Crippen LogP contribution in [-0.4, -0.2) is 92.6 Å². The summed E-state index contributed by atoms with van der Waals surface area (Å²) in [5, 5.41) is 44.2. The number of carbonyl (C=O) groups is 5. The van der Waals surface area contributed by atoms with Crippen molar-refractivity contribution in [2.24, 2.45) is 0 Å². The van der Waals surface area contributed by atoms with Crippen LogP contribution < -0.4 is 15.3 Å². The largest absolute Gasteiger partial charge is 0.547 e. The molecule has 2 unspecified atom stereocenters. The first kappa shape index (κ1) is 28.5. The Morgan fingerprint density at radius 2 is 1.88 bits per heavy atom. The number of urea groups is 1. The van der Waals surface area contributed by atoms with Crippen molar-refractivity contribution in [3.63, 3.8) is 0 Å². The van der Waals surface area contributed by atoms with Gasteiger partial charge in [0.2, 0.25) is 5.91 Å². The molecule has 1 fully saturated rings. The third kappa shape index (κ3) is 5.33. The number of carboxylic acid groups (broad SMARTS) is 1. The Bertz CT molecular complexity index is 1410. The van der Waals surface area contributed by atoms with Gasteiger partial charge in [0, 0.05) is 25.2 Å². The molecule has 2 aromatic rings.